The van der Waals surface area contributed by atoms with Gasteiger partial charge in [-0.25, -0.2) is 4.98 Å². The lowest BCUT2D eigenvalue weighted by Gasteiger charge is -2.24. The number of nitro groups is 1. The summed E-state index contributed by atoms with van der Waals surface area (Å²) in [5.74, 6) is 0. The van der Waals surface area contributed by atoms with E-state index in [4.69, 9.17) is 0 Å². The van der Waals surface area contributed by atoms with Crippen LogP contribution < -0.4 is 5.32 Å². The first-order chi connectivity index (χ1) is 12.4. The minimum atomic E-state index is -0.392. The van der Waals surface area contributed by atoms with E-state index in [-0.39, 0.29) is 11.7 Å². The van der Waals surface area contributed by atoms with Gasteiger partial charge in [0.25, 0.3) is 5.69 Å². The molecule has 1 N–H and O–H groups in total. The molecule has 0 aliphatic carbocycles. The third-order valence-corrected chi connectivity index (χ3v) is 4.36. The number of nitrogens with zero attached hydrogens (tertiary/aromatic N) is 5. The van der Waals surface area contributed by atoms with Crippen molar-refractivity contribution in [2.45, 2.75) is 13.0 Å². The van der Waals surface area contributed by atoms with Gasteiger partial charge in [-0.05, 0) is 27.1 Å². The Labute approximate surface area is 151 Å². The van der Waals surface area contributed by atoms with E-state index >= 15 is 0 Å². The molecule has 0 aliphatic rings. The highest BCUT2D eigenvalue weighted by atomic mass is 16.6. The number of non-ortho nitro benzene ring substituents is 1. The molecule has 2 heterocycles. The zero-order valence-corrected chi connectivity index (χ0v) is 15.3. The molecule has 0 bridgehead atoms. The molecule has 136 valence electrons. The Balaban J connectivity index is 1.95. The van der Waals surface area contributed by atoms with E-state index in [1.165, 1.54) is 6.07 Å². The van der Waals surface area contributed by atoms with Crippen LogP contribution in [0.3, 0.4) is 0 Å². The van der Waals surface area contributed by atoms with Crippen LogP contribution in [0.25, 0.3) is 10.9 Å². The number of fused-ring (bicyclic) bond motifs is 1. The van der Waals surface area contributed by atoms with Crippen molar-refractivity contribution < 1.29 is 4.92 Å². The maximum absolute atomic E-state index is 11.3. The average Bonchev–Trinajstić information content (AvgIpc) is 2.99. The SMILES string of the molecule is Cc1cc(NCC(c2cnn(C)c2)N(C)C)c2cccc([N+](=O)[O-])c2n1. The van der Waals surface area contributed by atoms with E-state index in [9.17, 15) is 10.1 Å². The zero-order valence-electron chi connectivity index (χ0n) is 15.3. The molecular formula is C18H22N6O2. The highest BCUT2D eigenvalue weighted by Gasteiger charge is 2.18. The molecule has 0 spiro atoms. The number of hydrogen-bond acceptors (Lipinski definition) is 6. The van der Waals surface area contributed by atoms with Gasteiger partial charge in [-0.15, -0.1) is 0 Å². The number of hydrogen-bond donors (Lipinski definition) is 1. The fourth-order valence-corrected chi connectivity index (χ4v) is 3.07. The minimum Gasteiger partial charge on any atom is -0.383 e. The Morgan fingerprint density at radius 2 is 2.15 bits per heavy atom. The number of aryl methyl sites for hydroxylation is 2. The molecule has 0 saturated heterocycles. The first-order valence-electron chi connectivity index (χ1n) is 8.30. The summed E-state index contributed by atoms with van der Waals surface area (Å²) in [6.45, 7) is 2.48. The summed E-state index contributed by atoms with van der Waals surface area (Å²) in [6, 6.07) is 7.06. The van der Waals surface area contributed by atoms with Crippen molar-refractivity contribution in [1.82, 2.24) is 19.7 Å². The second-order valence-electron chi connectivity index (χ2n) is 6.55. The molecule has 1 atom stereocenters. The van der Waals surface area contributed by atoms with Gasteiger partial charge in [-0.3, -0.25) is 14.8 Å². The lowest BCUT2D eigenvalue weighted by molar-refractivity contribution is -0.383. The molecule has 26 heavy (non-hydrogen) atoms. The second-order valence-corrected chi connectivity index (χ2v) is 6.55. The molecule has 2 aromatic heterocycles. The first-order valence-corrected chi connectivity index (χ1v) is 8.30. The number of anilines is 1. The third-order valence-electron chi connectivity index (χ3n) is 4.36. The van der Waals surface area contributed by atoms with Gasteiger partial charge in [0.1, 0.15) is 0 Å². The quantitative estimate of drug-likeness (QED) is 0.541. The van der Waals surface area contributed by atoms with Crippen LogP contribution >= 0.6 is 0 Å². The number of aromatic nitrogens is 3. The van der Waals surface area contributed by atoms with Gasteiger partial charge in [0, 0.05) is 48.2 Å². The third kappa shape index (κ3) is 3.50. The van der Waals surface area contributed by atoms with E-state index < -0.39 is 4.92 Å². The van der Waals surface area contributed by atoms with Gasteiger partial charge in [-0.1, -0.05) is 12.1 Å². The summed E-state index contributed by atoms with van der Waals surface area (Å²) < 4.78 is 1.78. The predicted molar refractivity (Wildman–Crippen MR) is 101 cm³/mol. The summed E-state index contributed by atoms with van der Waals surface area (Å²) in [6.07, 6.45) is 3.85. The summed E-state index contributed by atoms with van der Waals surface area (Å²) >= 11 is 0. The number of pyridine rings is 1. The molecule has 8 heteroatoms. The average molecular weight is 354 g/mol. The molecule has 8 nitrogen and oxygen atoms in total. The fraction of sp³-hybridized carbons (Fsp3) is 0.333. The minimum absolute atomic E-state index is 0.0191. The second kappa shape index (κ2) is 7.09. The van der Waals surface area contributed by atoms with Crippen molar-refractivity contribution in [3.8, 4) is 0 Å². The molecule has 0 saturated carbocycles. The number of likely N-dealkylation sites (N-methyl/N-ethyl adjacent to an activating group) is 1. The van der Waals surface area contributed by atoms with Crippen molar-refractivity contribution in [1.29, 1.82) is 0 Å². The Hall–Kier alpha value is -3.00. The summed E-state index contributed by atoms with van der Waals surface area (Å²) in [5.41, 5.74) is 3.10. The zero-order chi connectivity index (χ0) is 18.8. The Morgan fingerprint density at radius 1 is 1.38 bits per heavy atom. The van der Waals surface area contributed by atoms with Gasteiger partial charge in [0.15, 0.2) is 5.52 Å². The molecule has 1 aromatic carbocycles. The van der Waals surface area contributed by atoms with Crippen LogP contribution in [-0.4, -0.2) is 45.2 Å². The van der Waals surface area contributed by atoms with Gasteiger partial charge in [0.2, 0.25) is 0 Å². The summed E-state index contributed by atoms with van der Waals surface area (Å²) in [5, 5.41) is 19.7. The molecule has 0 amide bonds. The number of nitrogens with one attached hydrogen (secondary N) is 1. The van der Waals surface area contributed by atoms with Gasteiger partial charge in [0.05, 0.1) is 17.2 Å². The molecule has 0 fully saturated rings. The van der Waals surface area contributed by atoms with Crippen LogP contribution in [-0.2, 0) is 7.05 Å². The maximum atomic E-state index is 11.3. The van der Waals surface area contributed by atoms with E-state index in [0.717, 1.165) is 22.3 Å². The number of benzene rings is 1. The summed E-state index contributed by atoms with van der Waals surface area (Å²) in [4.78, 5) is 17.4. The van der Waals surface area contributed by atoms with Crippen LogP contribution in [0.4, 0.5) is 11.4 Å². The van der Waals surface area contributed by atoms with Gasteiger partial charge >= 0.3 is 0 Å². The molecule has 0 aliphatic heterocycles. The van der Waals surface area contributed by atoms with Crippen LogP contribution in [0.2, 0.25) is 0 Å². The molecular weight excluding hydrogens is 332 g/mol. The predicted octanol–water partition coefficient (Wildman–Crippen LogP) is 2.90. The lowest BCUT2D eigenvalue weighted by Crippen LogP contribution is -2.26. The monoisotopic (exact) mass is 354 g/mol. The smallest absolute Gasteiger partial charge is 0.295 e. The van der Waals surface area contributed by atoms with Crippen molar-refractivity contribution in [2.75, 3.05) is 26.0 Å². The normalized spacial score (nSPS) is 12.5. The topological polar surface area (TPSA) is 89.1 Å². The molecule has 0 radical (unpaired) electrons. The van der Waals surface area contributed by atoms with Crippen molar-refractivity contribution in [2.24, 2.45) is 7.05 Å². The standard InChI is InChI=1S/C18H22N6O2/c1-12-8-15(14-6-5-7-16(24(25)26)18(14)21-12)19-10-17(22(2)3)13-9-20-23(4)11-13/h5-9,11,17H,10H2,1-4H3,(H,19,21). The number of nitro benzene ring substituents is 1. The van der Waals surface area contributed by atoms with Gasteiger partial charge < -0.3 is 10.2 Å². The molecule has 1 unspecified atom stereocenters. The highest BCUT2D eigenvalue weighted by Crippen LogP contribution is 2.30. The Kier molecular flexibility index (Phi) is 4.85. The van der Waals surface area contributed by atoms with Gasteiger partial charge in [-0.2, -0.15) is 5.10 Å². The van der Waals surface area contributed by atoms with E-state index in [1.54, 1.807) is 10.7 Å². The number of para-hydroxylation sites is 1. The number of rotatable bonds is 6. The maximum Gasteiger partial charge on any atom is 0.295 e. The summed E-state index contributed by atoms with van der Waals surface area (Å²) in [7, 11) is 5.92. The van der Waals surface area contributed by atoms with Crippen LogP contribution in [0.1, 0.15) is 17.3 Å². The van der Waals surface area contributed by atoms with E-state index in [1.807, 2.05) is 52.6 Å². The van der Waals surface area contributed by atoms with E-state index in [0.29, 0.717) is 12.1 Å². The van der Waals surface area contributed by atoms with Crippen molar-refractivity contribution in [3.05, 3.63) is 58.0 Å². The van der Waals surface area contributed by atoms with Crippen LogP contribution in [0.15, 0.2) is 36.7 Å². The fourth-order valence-electron chi connectivity index (χ4n) is 3.07. The van der Waals surface area contributed by atoms with Crippen LogP contribution in [0, 0.1) is 17.0 Å². The van der Waals surface area contributed by atoms with E-state index in [2.05, 4.69) is 20.3 Å². The largest absolute Gasteiger partial charge is 0.383 e. The van der Waals surface area contributed by atoms with Crippen molar-refractivity contribution in [3.63, 3.8) is 0 Å². The highest BCUT2D eigenvalue weighted by molar-refractivity contribution is 5.96. The Morgan fingerprint density at radius 3 is 2.77 bits per heavy atom. The lowest BCUT2D eigenvalue weighted by atomic mass is 10.1. The first kappa shape index (κ1) is 17.8. The molecule has 3 aromatic rings. The molecule has 3 rings (SSSR count). The van der Waals surface area contributed by atoms with Crippen LogP contribution in [0.5, 0.6) is 0 Å². The van der Waals surface area contributed by atoms with Crippen molar-refractivity contribution >= 4 is 22.3 Å². The Bertz CT molecular complexity index is 950.